The topological polar surface area (TPSA) is 78.1 Å². The average Bonchev–Trinajstić information content (AvgIpc) is 3.42. The van der Waals surface area contributed by atoms with E-state index in [0.29, 0.717) is 29.8 Å². The Kier molecular flexibility index (Phi) is 6.85. The summed E-state index contributed by atoms with van der Waals surface area (Å²) in [6, 6.07) is 4.66. The van der Waals surface area contributed by atoms with E-state index < -0.39 is 24.7 Å². The van der Waals surface area contributed by atoms with Gasteiger partial charge in [-0.1, -0.05) is 32.1 Å². The maximum absolute atomic E-state index is 13.3. The number of carbonyl (C=O) groups is 1. The Balaban J connectivity index is 1.66. The third-order valence-electron chi connectivity index (χ3n) is 6.74. The zero-order valence-corrected chi connectivity index (χ0v) is 21.1. The minimum atomic E-state index is -4.47. The van der Waals surface area contributed by atoms with Gasteiger partial charge in [-0.05, 0) is 43.2 Å². The Morgan fingerprint density at radius 1 is 1.17 bits per heavy atom. The lowest BCUT2D eigenvalue weighted by atomic mass is 9.76. The molecule has 2 atom stereocenters. The van der Waals surface area contributed by atoms with Crippen molar-refractivity contribution in [1.82, 2.24) is 29.4 Å². The van der Waals surface area contributed by atoms with Gasteiger partial charge in [0.25, 0.3) is 0 Å². The van der Waals surface area contributed by atoms with Crippen molar-refractivity contribution in [2.24, 2.45) is 11.3 Å². The van der Waals surface area contributed by atoms with E-state index in [1.54, 1.807) is 19.6 Å². The molecule has 0 radical (unpaired) electrons. The molecule has 3 aromatic rings. The van der Waals surface area contributed by atoms with Crippen molar-refractivity contribution in [1.29, 1.82) is 0 Å². The average molecular weight is 505 g/mol. The van der Waals surface area contributed by atoms with E-state index in [0.717, 1.165) is 16.3 Å². The largest absolute Gasteiger partial charge is 0.495 e. The quantitative estimate of drug-likeness (QED) is 0.497. The number of likely N-dealkylation sites (tertiary alicyclic amines) is 1. The van der Waals surface area contributed by atoms with Crippen LogP contribution >= 0.6 is 0 Å². The zero-order valence-electron chi connectivity index (χ0n) is 21.1. The maximum Gasteiger partial charge on any atom is 0.406 e. The van der Waals surface area contributed by atoms with Crippen LogP contribution in [0.3, 0.4) is 0 Å². The lowest BCUT2D eigenvalue weighted by molar-refractivity contribution is -0.162. The highest BCUT2D eigenvalue weighted by molar-refractivity contribution is 5.81. The highest BCUT2D eigenvalue weighted by Gasteiger charge is 2.41. The minimum absolute atomic E-state index is 0.0374. The van der Waals surface area contributed by atoms with E-state index in [1.165, 1.54) is 4.68 Å². The fraction of sp³-hybridized carbons (Fsp3) is 0.520. The van der Waals surface area contributed by atoms with Crippen LogP contribution < -0.4 is 4.74 Å². The summed E-state index contributed by atoms with van der Waals surface area (Å²) in [7, 11) is 1.56. The number of amides is 1. The van der Waals surface area contributed by atoms with Gasteiger partial charge in [0.05, 0.1) is 31.0 Å². The zero-order chi connectivity index (χ0) is 26.3. The summed E-state index contributed by atoms with van der Waals surface area (Å²) >= 11 is 0. The first kappa shape index (κ1) is 25.7. The molecule has 1 amide bonds. The first-order chi connectivity index (χ1) is 16.9. The second-order valence-electron chi connectivity index (χ2n) is 10.4. The molecule has 1 aromatic carbocycles. The molecule has 8 nitrogen and oxygen atoms in total. The summed E-state index contributed by atoms with van der Waals surface area (Å²) in [5, 5.41) is 8.42. The van der Waals surface area contributed by atoms with Gasteiger partial charge in [0.2, 0.25) is 5.91 Å². The van der Waals surface area contributed by atoms with Gasteiger partial charge in [-0.25, -0.2) is 9.67 Å². The van der Waals surface area contributed by atoms with Crippen LogP contribution in [0.4, 0.5) is 13.2 Å². The van der Waals surface area contributed by atoms with Crippen LogP contribution in [0.2, 0.25) is 0 Å². The number of aryl methyl sites for hydroxylation is 1. The number of halogens is 3. The van der Waals surface area contributed by atoms with E-state index in [2.05, 4.69) is 15.3 Å². The van der Waals surface area contributed by atoms with Gasteiger partial charge >= 0.3 is 6.18 Å². The van der Waals surface area contributed by atoms with Gasteiger partial charge in [0.15, 0.2) is 0 Å². The molecule has 2 aromatic heterocycles. The maximum atomic E-state index is 13.3. The van der Waals surface area contributed by atoms with Gasteiger partial charge < -0.3 is 14.2 Å². The van der Waals surface area contributed by atoms with Crippen LogP contribution in [-0.4, -0.2) is 61.7 Å². The van der Waals surface area contributed by atoms with Crippen molar-refractivity contribution in [3.8, 4) is 22.7 Å². The van der Waals surface area contributed by atoms with Gasteiger partial charge in [-0.3, -0.25) is 4.79 Å². The van der Waals surface area contributed by atoms with Gasteiger partial charge in [0.1, 0.15) is 24.0 Å². The fourth-order valence-corrected chi connectivity index (χ4v) is 4.67. The predicted octanol–water partition coefficient (Wildman–Crippen LogP) is 4.84. The van der Waals surface area contributed by atoms with Gasteiger partial charge in [-0.2, -0.15) is 13.2 Å². The number of nitrogens with zero attached hydrogens (tertiary/aromatic N) is 6. The first-order valence-corrected chi connectivity index (χ1v) is 11.8. The second kappa shape index (κ2) is 9.59. The Labute approximate surface area is 208 Å². The Hall–Kier alpha value is -3.37. The molecule has 0 spiro atoms. The van der Waals surface area contributed by atoms with Crippen molar-refractivity contribution in [3.63, 3.8) is 0 Å². The molecule has 1 aliphatic heterocycles. The SMILES string of the molecule is COc1cc(-c2cn(C3C[C@@H](C(C)(C)C)CCN(CC(F)(F)F)C3=O)nn2)ccc1-n1cnc(C)c1. The van der Waals surface area contributed by atoms with Crippen molar-refractivity contribution < 1.29 is 22.7 Å². The van der Waals surface area contributed by atoms with Crippen molar-refractivity contribution in [2.75, 3.05) is 20.2 Å². The molecular formula is C25H31F3N6O2. The summed E-state index contributed by atoms with van der Waals surface area (Å²) in [5.74, 6) is 0.0448. The Morgan fingerprint density at radius 2 is 1.92 bits per heavy atom. The molecule has 11 heteroatoms. The third kappa shape index (κ3) is 5.55. The van der Waals surface area contributed by atoms with Gasteiger partial charge in [0, 0.05) is 18.3 Å². The normalized spacial score (nSPS) is 19.4. The molecule has 0 bridgehead atoms. The number of imidazole rings is 1. The molecule has 1 saturated heterocycles. The number of methoxy groups -OCH3 is 1. The number of hydrogen-bond acceptors (Lipinski definition) is 5. The minimum Gasteiger partial charge on any atom is -0.495 e. The lowest BCUT2D eigenvalue weighted by Gasteiger charge is -2.30. The molecule has 1 aliphatic rings. The molecule has 4 rings (SSSR count). The number of carbonyl (C=O) groups excluding carboxylic acids is 1. The van der Waals surface area contributed by atoms with Crippen LogP contribution in [-0.2, 0) is 4.79 Å². The summed E-state index contributed by atoms with van der Waals surface area (Å²) in [6.07, 6.45) is 1.61. The van der Waals surface area contributed by atoms with Crippen molar-refractivity contribution in [2.45, 2.75) is 52.8 Å². The molecule has 0 saturated carbocycles. The van der Waals surface area contributed by atoms with Crippen LogP contribution in [0, 0.1) is 18.3 Å². The fourth-order valence-electron chi connectivity index (χ4n) is 4.67. The highest BCUT2D eigenvalue weighted by atomic mass is 19.4. The number of benzene rings is 1. The molecule has 0 aliphatic carbocycles. The summed E-state index contributed by atoms with van der Waals surface area (Å²) in [6.45, 7) is 6.81. The molecular weight excluding hydrogens is 473 g/mol. The number of rotatable bonds is 5. The summed E-state index contributed by atoms with van der Waals surface area (Å²) in [4.78, 5) is 18.4. The first-order valence-electron chi connectivity index (χ1n) is 11.8. The number of hydrogen-bond donors (Lipinski definition) is 0. The molecule has 1 unspecified atom stereocenters. The van der Waals surface area contributed by atoms with E-state index in [1.807, 2.05) is 56.7 Å². The van der Waals surface area contributed by atoms with Gasteiger partial charge in [-0.15, -0.1) is 5.10 Å². The molecule has 1 fully saturated rings. The van der Waals surface area contributed by atoms with Crippen molar-refractivity contribution in [3.05, 3.63) is 42.6 Å². The van der Waals surface area contributed by atoms with Crippen LogP contribution in [0.1, 0.15) is 45.3 Å². The number of alkyl halides is 3. The van der Waals surface area contributed by atoms with E-state index in [-0.39, 0.29) is 17.9 Å². The monoisotopic (exact) mass is 504 g/mol. The molecule has 0 N–H and O–H groups in total. The predicted molar refractivity (Wildman–Crippen MR) is 128 cm³/mol. The second-order valence-corrected chi connectivity index (χ2v) is 10.4. The van der Waals surface area contributed by atoms with E-state index in [9.17, 15) is 18.0 Å². The molecule has 36 heavy (non-hydrogen) atoms. The number of aromatic nitrogens is 5. The number of ether oxygens (including phenoxy) is 1. The summed E-state index contributed by atoms with van der Waals surface area (Å²) in [5.41, 5.74) is 2.69. The Morgan fingerprint density at radius 3 is 2.53 bits per heavy atom. The standard InChI is InChI=1S/C25H31F3N6O2/c1-16-12-33(15-29-16)20-7-6-17(10-22(20)36-5)19-13-34(31-30-19)21-11-18(24(2,3)4)8-9-32(23(21)35)14-25(26,27)28/h6-7,10,12-13,15,18,21H,8-9,11,14H2,1-5H3/t18-,21?/m0/s1. The van der Waals surface area contributed by atoms with Crippen LogP contribution in [0.5, 0.6) is 5.75 Å². The van der Waals surface area contributed by atoms with Crippen molar-refractivity contribution >= 4 is 5.91 Å². The molecule has 194 valence electrons. The molecule has 3 heterocycles. The third-order valence-corrected chi connectivity index (χ3v) is 6.74. The Bertz CT molecular complexity index is 1230. The van der Waals surface area contributed by atoms with E-state index >= 15 is 0 Å². The smallest absolute Gasteiger partial charge is 0.406 e. The van der Waals surface area contributed by atoms with Crippen LogP contribution in [0.25, 0.3) is 16.9 Å². The van der Waals surface area contributed by atoms with E-state index in [4.69, 9.17) is 4.74 Å². The lowest BCUT2D eigenvalue weighted by Crippen LogP contribution is -2.42. The highest BCUT2D eigenvalue weighted by Crippen LogP contribution is 2.39. The van der Waals surface area contributed by atoms with Crippen LogP contribution in [0.15, 0.2) is 36.9 Å². The summed E-state index contributed by atoms with van der Waals surface area (Å²) < 4.78 is 48.5.